The van der Waals surface area contributed by atoms with E-state index in [1.165, 1.54) is 24.3 Å². The Labute approximate surface area is 84.8 Å². The van der Waals surface area contributed by atoms with Crippen LogP contribution in [0.2, 0.25) is 0 Å². The number of hydrogen-bond donors (Lipinski definition) is 3. The van der Waals surface area contributed by atoms with Gasteiger partial charge in [0, 0.05) is 5.69 Å². The number of anilines is 1. The molecule has 1 aromatic carbocycles. The molecule has 0 radical (unpaired) electrons. The third-order valence-electron chi connectivity index (χ3n) is 1.55. The molecule has 1 rings (SSSR count). The Balaban J connectivity index is 2.82. The normalized spacial score (nSPS) is 10.1. The van der Waals surface area contributed by atoms with Gasteiger partial charge in [-0.3, -0.25) is 4.79 Å². The minimum Gasteiger partial charge on any atom is -0.478 e. The van der Waals surface area contributed by atoms with E-state index in [2.05, 4.69) is 10.5 Å². The van der Waals surface area contributed by atoms with Gasteiger partial charge in [-0.15, -0.1) is 0 Å². The van der Waals surface area contributed by atoms with Crippen molar-refractivity contribution in [2.75, 3.05) is 5.32 Å². The predicted molar refractivity (Wildman–Crippen MR) is 52.3 cm³/mol. The first-order valence-electron chi connectivity index (χ1n) is 3.95. The molecule has 0 unspecified atom stereocenters. The van der Waals surface area contributed by atoms with Crippen LogP contribution in [0, 0.1) is 0 Å². The van der Waals surface area contributed by atoms with Crippen LogP contribution in [0.5, 0.6) is 0 Å². The zero-order chi connectivity index (χ0) is 11.3. The SMILES string of the molecule is O=C(/C=N/O)Nc1cccc(C(=O)O)c1. The van der Waals surface area contributed by atoms with Crippen LogP contribution in [0.3, 0.4) is 0 Å². The van der Waals surface area contributed by atoms with Gasteiger partial charge in [0.25, 0.3) is 5.91 Å². The van der Waals surface area contributed by atoms with Gasteiger partial charge in [0.1, 0.15) is 6.21 Å². The van der Waals surface area contributed by atoms with E-state index in [0.29, 0.717) is 11.9 Å². The van der Waals surface area contributed by atoms with Gasteiger partial charge in [0.05, 0.1) is 5.56 Å². The van der Waals surface area contributed by atoms with E-state index in [9.17, 15) is 9.59 Å². The smallest absolute Gasteiger partial charge is 0.335 e. The highest BCUT2D eigenvalue weighted by Crippen LogP contribution is 2.10. The average Bonchev–Trinajstić information content (AvgIpc) is 2.18. The van der Waals surface area contributed by atoms with Gasteiger partial charge in [0.2, 0.25) is 0 Å². The summed E-state index contributed by atoms with van der Waals surface area (Å²) in [7, 11) is 0. The summed E-state index contributed by atoms with van der Waals surface area (Å²) in [5.74, 6) is -1.72. The lowest BCUT2D eigenvalue weighted by molar-refractivity contribution is -0.110. The molecular weight excluding hydrogens is 200 g/mol. The minimum atomic E-state index is -1.08. The molecule has 6 nitrogen and oxygen atoms in total. The van der Waals surface area contributed by atoms with Gasteiger partial charge in [0.15, 0.2) is 0 Å². The van der Waals surface area contributed by atoms with Gasteiger partial charge in [-0.2, -0.15) is 0 Å². The Morgan fingerprint density at radius 3 is 2.73 bits per heavy atom. The van der Waals surface area contributed by atoms with Gasteiger partial charge in [-0.05, 0) is 18.2 Å². The Hall–Kier alpha value is -2.37. The molecular formula is C9H8N2O4. The van der Waals surface area contributed by atoms with Crippen molar-refractivity contribution in [2.45, 2.75) is 0 Å². The predicted octanol–water partition coefficient (Wildman–Crippen LogP) is 0.783. The highest BCUT2D eigenvalue weighted by atomic mass is 16.4. The summed E-state index contributed by atoms with van der Waals surface area (Å²) in [5, 5.41) is 21.6. The maximum Gasteiger partial charge on any atom is 0.335 e. The van der Waals surface area contributed by atoms with Crippen molar-refractivity contribution in [3.05, 3.63) is 29.8 Å². The van der Waals surface area contributed by atoms with E-state index in [-0.39, 0.29) is 5.56 Å². The Morgan fingerprint density at radius 2 is 2.13 bits per heavy atom. The lowest BCUT2D eigenvalue weighted by atomic mass is 10.2. The molecule has 15 heavy (non-hydrogen) atoms. The zero-order valence-corrected chi connectivity index (χ0v) is 7.54. The molecule has 78 valence electrons. The van der Waals surface area contributed by atoms with Gasteiger partial charge < -0.3 is 15.6 Å². The molecule has 0 heterocycles. The number of carbonyl (C=O) groups excluding carboxylic acids is 1. The summed E-state index contributed by atoms with van der Waals surface area (Å²) in [6.07, 6.45) is 0.674. The van der Waals surface area contributed by atoms with Crippen molar-refractivity contribution < 1.29 is 19.9 Å². The van der Waals surface area contributed by atoms with E-state index >= 15 is 0 Å². The Kier molecular flexibility index (Phi) is 3.39. The van der Waals surface area contributed by atoms with Crippen LogP contribution in [0.25, 0.3) is 0 Å². The summed E-state index contributed by atoms with van der Waals surface area (Å²) in [6, 6.07) is 5.72. The molecule has 0 saturated carbocycles. The molecule has 0 spiro atoms. The lowest BCUT2D eigenvalue weighted by Crippen LogP contribution is -2.12. The average molecular weight is 208 g/mol. The summed E-state index contributed by atoms with van der Waals surface area (Å²) < 4.78 is 0. The van der Waals surface area contributed by atoms with E-state index < -0.39 is 11.9 Å². The monoisotopic (exact) mass is 208 g/mol. The van der Waals surface area contributed by atoms with Gasteiger partial charge >= 0.3 is 5.97 Å². The second-order valence-corrected chi connectivity index (χ2v) is 2.62. The maximum atomic E-state index is 10.9. The maximum absolute atomic E-state index is 10.9. The Morgan fingerprint density at radius 1 is 1.40 bits per heavy atom. The quantitative estimate of drug-likeness (QED) is 0.388. The molecule has 0 aromatic heterocycles. The van der Waals surface area contributed by atoms with Crippen molar-refractivity contribution in [1.29, 1.82) is 0 Å². The van der Waals surface area contributed by atoms with Crippen LogP contribution in [0.1, 0.15) is 10.4 Å². The third-order valence-corrected chi connectivity index (χ3v) is 1.55. The van der Waals surface area contributed by atoms with Crippen molar-refractivity contribution in [3.63, 3.8) is 0 Å². The first kappa shape index (κ1) is 10.7. The fourth-order valence-electron chi connectivity index (χ4n) is 0.957. The van der Waals surface area contributed by atoms with Crippen molar-refractivity contribution in [3.8, 4) is 0 Å². The molecule has 0 aliphatic carbocycles. The number of carboxylic acid groups (broad SMARTS) is 1. The fraction of sp³-hybridized carbons (Fsp3) is 0. The molecule has 3 N–H and O–H groups in total. The fourth-order valence-corrected chi connectivity index (χ4v) is 0.957. The number of carbonyl (C=O) groups is 2. The molecule has 0 saturated heterocycles. The number of hydrogen-bond acceptors (Lipinski definition) is 4. The molecule has 1 amide bonds. The highest BCUT2D eigenvalue weighted by molar-refractivity contribution is 6.31. The molecule has 0 aliphatic rings. The van der Waals surface area contributed by atoms with Crippen LogP contribution in [-0.4, -0.2) is 28.4 Å². The van der Waals surface area contributed by atoms with Crippen LogP contribution >= 0.6 is 0 Å². The van der Waals surface area contributed by atoms with Crippen molar-refractivity contribution in [2.24, 2.45) is 5.16 Å². The molecule has 1 aromatic rings. The number of aromatic carboxylic acids is 1. The largest absolute Gasteiger partial charge is 0.478 e. The molecule has 0 bridgehead atoms. The van der Waals surface area contributed by atoms with Crippen molar-refractivity contribution >= 4 is 23.8 Å². The number of nitrogens with zero attached hydrogens (tertiary/aromatic N) is 1. The number of oxime groups is 1. The van der Waals surface area contributed by atoms with E-state index in [0.717, 1.165) is 0 Å². The number of carboxylic acids is 1. The van der Waals surface area contributed by atoms with E-state index in [4.69, 9.17) is 10.3 Å². The summed E-state index contributed by atoms with van der Waals surface area (Å²) >= 11 is 0. The second-order valence-electron chi connectivity index (χ2n) is 2.62. The van der Waals surface area contributed by atoms with Crippen LogP contribution < -0.4 is 5.32 Å². The van der Waals surface area contributed by atoms with Gasteiger partial charge in [-0.25, -0.2) is 4.79 Å². The molecule has 6 heteroatoms. The van der Waals surface area contributed by atoms with E-state index in [1.807, 2.05) is 0 Å². The molecule has 0 atom stereocenters. The van der Waals surface area contributed by atoms with Crippen LogP contribution in [-0.2, 0) is 4.79 Å². The van der Waals surface area contributed by atoms with Crippen LogP contribution in [0.15, 0.2) is 29.4 Å². The molecule has 0 aliphatic heterocycles. The number of rotatable bonds is 3. The minimum absolute atomic E-state index is 0.0636. The lowest BCUT2D eigenvalue weighted by Gasteiger charge is -2.01. The number of amides is 1. The Bertz CT molecular complexity index is 414. The topological polar surface area (TPSA) is 99.0 Å². The standard InChI is InChI=1S/C9H8N2O4/c12-8(5-10-15)11-7-3-1-2-6(4-7)9(13)14/h1-5,15H,(H,11,12)(H,13,14)/b10-5+. The second kappa shape index (κ2) is 4.75. The highest BCUT2D eigenvalue weighted by Gasteiger charge is 2.04. The number of benzene rings is 1. The zero-order valence-electron chi connectivity index (χ0n) is 7.54. The van der Waals surface area contributed by atoms with E-state index in [1.54, 1.807) is 0 Å². The van der Waals surface area contributed by atoms with Crippen LogP contribution in [0.4, 0.5) is 5.69 Å². The summed E-state index contributed by atoms with van der Waals surface area (Å²) in [5.41, 5.74) is 0.383. The summed E-state index contributed by atoms with van der Waals surface area (Å²) in [6.45, 7) is 0. The summed E-state index contributed by atoms with van der Waals surface area (Å²) in [4.78, 5) is 21.5. The number of nitrogens with one attached hydrogen (secondary N) is 1. The van der Waals surface area contributed by atoms with Crippen molar-refractivity contribution in [1.82, 2.24) is 0 Å². The first-order chi connectivity index (χ1) is 7.13. The van der Waals surface area contributed by atoms with Gasteiger partial charge in [-0.1, -0.05) is 11.2 Å². The molecule has 0 fully saturated rings. The third kappa shape index (κ3) is 3.11. The first-order valence-corrected chi connectivity index (χ1v) is 3.95.